The van der Waals surface area contributed by atoms with E-state index in [0.717, 1.165) is 21.3 Å². The van der Waals surface area contributed by atoms with Crippen molar-refractivity contribution < 1.29 is 14.4 Å². The number of para-hydroxylation sites is 1. The largest absolute Gasteiger partial charge is 0.350 e. The van der Waals surface area contributed by atoms with E-state index >= 15 is 0 Å². The molecule has 30 heavy (non-hydrogen) atoms. The number of aryl methyl sites for hydroxylation is 2. The van der Waals surface area contributed by atoms with Gasteiger partial charge in [-0.1, -0.05) is 29.5 Å². The third-order valence-electron chi connectivity index (χ3n) is 4.53. The molecule has 1 atom stereocenters. The molecule has 0 bridgehead atoms. The molecular formula is C21H23N5O3S. The number of amides is 3. The number of rotatable bonds is 6. The number of benzene rings is 2. The zero-order chi connectivity index (χ0) is 21.7. The summed E-state index contributed by atoms with van der Waals surface area (Å²) >= 11 is 1.44. The van der Waals surface area contributed by atoms with E-state index in [4.69, 9.17) is 0 Å². The van der Waals surface area contributed by atoms with Crippen LogP contribution in [0.3, 0.4) is 0 Å². The molecule has 0 aliphatic carbocycles. The first-order chi connectivity index (χ1) is 14.3. The van der Waals surface area contributed by atoms with Crippen LogP contribution >= 0.6 is 11.3 Å². The second-order valence-corrected chi connectivity index (χ2v) is 7.90. The molecule has 9 heteroatoms. The Morgan fingerprint density at radius 1 is 1.03 bits per heavy atom. The van der Waals surface area contributed by atoms with E-state index in [1.807, 2.05) is 44.2 Å². The van der Waals surface area contributed by atoms with Gasteiger partial charge in [0.15, 0.2) is 5.13 Å². The maximum atomic E-state index is 12.2. The van der Waals surface area contributed by atoms with Crippen molar-refractivity contribution in [3.63, 3.8) is 0 Å². The van der Waals surface area contributed by atoms with E-state index in [9.17, 15) is 14.4 Å². The summed E-state index contributed by atoms with van der Waals surface area (Å²) in [7, 11) is 0. The maximum Gasteiger partial charge on any atom is 0.260 e. The van der Waals surface area contributed by atoms with Crippen molar-refractivity contribution in [3.05, 3.63) is 59.2 Å². The highest BCUT2D eigenvalue weighted by molar-refractivity contribution is 7.22. The summed E-state index contributed by atoms with van der Waals surface area (Å²) < 4.78 is 1.01. The fourth-order valence-electron chi connectivity index (χ4n) is 2.61. The molecular weight excluding hydrogens is 402 g/mol. The van der Waals surface area contributed by atoms with Gasteiger partial charge in [-0.15, -0.1) is 0 Å². The summed E-state index contributed by atoms with van der Waals surface area (Å²) in [4.78, 5) is 40.7. The quantitative estimate of drug-likeness (QED) is 0.453. The average molecular weight is 426 g/mol. The molecule has 1 heterocycles. The third kappa shape index (κ3) is 5.32. The van der Waals surface area contributed by atoms with Crippen molar-refractivity contribution in [1.29, 1.82) is 0 Å². The molecule has 0 saturated carbocycles. The van der Waals surface area contributed by atoms with Gasteiger partial charge in [-0.3, -0.25) is 25.2 Å². The van der Waals surface area contributed by atoms with Gasteiger partial charge in [0, 0.05) is 5.56 Å². The fourth-order valence-corrected chi connectivity index (χ4v) is 3.57. The molecule has 4 N–H and O–H groups in total. The van der Waals surface area contributed by atoms with Crippen LogP contribution in [0.25, 0.3) is 10.2 Å². The maximum absolute atomic E-state index is 12.2. The molecule has 0 radical (unpaired) electrons. The van der Waals surface area contributed by atoms with Crippen LogP contribution in [0.4, 0.5) is 5.13 Å². The van der Waals surface area contributed by atoms with Crippen LogP contribution in [-0.4, -0.2) is 35.3 Å². The van der Waals surface area contributed by atoms with Crippen LogP contribution in [0, 0.1) is 13.8 Å². The Morgan fingerprint density at radius 2 is 1.80 bits per heavy atom. The van der Waals surface area contributed by atoms with Gasteiger partial charge in [0.05, 0.1) is 16.8 Å². The number of carbonyl (C=O) groups excluding carboxylic acids is 3. The zero-order valence-electron chi connectivity index (χ0n) is 16.9. The molecule has 3 aromatic rings. The molecule has 156 valence electrons. The highest BCUT2D eigenvalue weighted by Gasteiger charge is 2.16. The highest BCUT2D eigenvalue weighted by Crippen LogP contribution is 2.25. The van der Waals surface area contributed by atoms with E-state index in [1.165, 1.54) is 11.3 Å². The van der Waals surface area contributed by atoms with Crippen LogP contribution in [0.2, 0.25) is 0 Å². The van der Waals surface area contributed by atoms with Gasteiger partial charge in [-0.25, -0.2) is 4.98 Å². The second kappa shape index (κ2) is 9.36. The molecule has 0 fully saturated rings. The Morgan fingerprint density at radius 3 is 2.53 bits per heavy atom. The van der Waals surface area contributed by atoms with Crippen LogP contribution in [0.5, 0.6) is 0 Å². The number of thiazole rings is 1. The Bertz CT molecular complexity index is 1060. The summed E-state index contributed by atoms with van der Waals surface area (Å²) in [6, 6.07) is 12.4. The van der Waals surface area contributed by atoms with Crippen molar-refractivity contribution in [1.82, 2.24) is 21.2 Å². The van der Waals surface area contributed by atoms with Gasteiger partial charge in [0.1, 0.15) is 6.04 Å². The van der Waals surface area contributed by atoms with Crippen LogP contribution in [0.15, 0.2) is 42.5 Å². The molecule has 8 nitrogen and oxygen atoms in total. The van der Waals surface area contributed by atoms with Crippen molar-refractivity contribution in [3.8, 4) is 0 Å². The van der Waals surface area contributed by atoms with Crippen molar-refractivity contribution in [2.45, 2.75) is 26.8 Å². The normalized spacial score (nSPS) is 11.6. The van der Waals surface area contributed by atoms with Crippen LogP contribution in [-0.2, 0) is 9.59 Å². The Balaban J connectivity index is 1.43. The van der Waals surface area contributed by atoms with E-state index in [-0.39, 0.29) is 12.5 Å². The lowest BCUT2D eigenvalue weighted by atomic mass is 10.1. The lowest BCUT2D eigenvalue weighted by Gasteiger charge is -2.14. The summed E-state index contributed by atoms with van der Waals surface area (Å²) in [5, 5.41) is 6.15. The lowest BCUT2D eigenvalue weighted by Crippen LogP contribution is -2.50. The molecule has 2 aromatic carbocycles. The Kier molecular flexibility index (Phi) is 6.63. The minimum Gasteiger partial charge on any atom is -0.350 e. The first kappa shape index (κ1) is 21.3. The number of anilines is 1. The standard InChI is InChI=1S/C21H23N5O3S/c1-12-8-9-15(10-13(12)2)20(29)22-11-18(27)25-26-19(28)14(3)23-21-24-16-6-4-5-7-17(16)30-21/h4-10,14H,11H2,1-3H3,(H,22,29)(H,23,24)(H,25,27)(H,26,28)/t14-/m1/s1. The van der Waals surface area contributed by atoms with Crippen LogP contribution < -0.4 is 21.5 Å². The first-order valence-corrected chi connectivity index (χ1v) is 10.2. The molecule has 1 aromatic heterocycles. The molecule has 3 rings (SSSR count). The number of hydrogen-bond donors (Lipinski definition) is 4. The van der Waals surface area contributed by atoms with E-state index in [1.54, 1.807) is 19.1 Å². The molecule has 0 unspecified atom stereocenters. The average Bonchev–Trinajstić information content (AvgIpc) is 3.14. The number of carbonyl (C=O) groups is 3. The molecule has 3 amide bonds. The summed E-state index contributed by atoms with van der Waals surface area (Å²) in [5.41, 5.74) is 8.04. The molecule has 0 aliphatic heterocycles. The summed E-state index contributed by atoms with van der Waals surface area (Å²) in [6.45, 7) is 5.28. The van der Waals surface area contributed by atoms with Gasteiger partial charge in [-0.05, 0) is 56.2 Å². The van der Waals surface area contributed by atoms with Gasteiger partial charge in [0.2, 0.25) is 0 Å². The zero-order valence-corrected chi connectivity index (χ0v) is 17.7. The number of aromatic nitrogens is 1. The van der Waals surface area contributed by atoms with E-state index < -0.39 is 17.9 Å². The molecule has 0 aliphatic rings. The lowest BCUT2D eigenvalue weighted by molar-refractivity contribution is -0.128. The number of fused-ring (bicyclic) bond motifs is 1. The molecule has 0 saturated heterocycles. The van der Waals surface area contributed by atoms with Gasteiger partial charge < -0.3 is 10.6 Å². The number of nitrogens with one attached hydrogen (secondary N) is 4. The third-order valence-corrected chi connectivity index (χ3v) is 5.50. The van der Waals surface area contributed by atoms with Crippen molar-refractivity contribution in [2.24, 2.45) is 0 Å². The van der Waals surface area contributed by atoms with E-state index in [0.29, 0.717) is 10.7 Å². The predicted octanol–water partition coefficient (Wildman–Crippen LogP) is 2.29. The monoisotopic (exact) mass is 425 g/mol. The minimum atomic E-state index is -0.615. The topological polar surface area (TPSA) is 112 Å². The number of nitrogens with zero attached hydrogens (tertiary/aromatic N) is 1. The Hall–Kier alpha value is -3.46. The van der Waals surface area contributed by atoms with Gasteiger partial charge >= 0.3 is 0 Å². The summed E-state index contributed by atoms with van der Waals surface area (Å²) in [5.74, 6) is -1.32. The van der Waals surface area contributed by atoms with Gasteiger partial charge in [-0.2, -0.15) is 0 Å². The minimum absolute atomic E-state index is 0.258. The smallest absolute Gasteiger partial charge is 0.260 e. The van der Waals surface area contributed by atoms with Crippen LogP contribution in [0.1, 0.15) is 28.4 Å². The predicted molar refractivity (Wildman–Crippen MR) is 117 cm³/mol. The first-order valence-electron chi connectivity index (χ1n) is 9.40. The van der Waals surface area contributed by atoms with Crippen molar-refractivity contribution >= 4 is 44.4 Å². The Labute approximate surface area is 178 Å². The van der Waals surface area contributed by atoms with Gasteiger partial charge in [0.25, 0.3) is 17.7 Å². The van der Waals surface area contributed by atoms with Crippen molar-refractivity contribution in [2.75, 3.05) is 11.9 Å². The van der Waals surface area contributed by atoms with E-state index in [2.05, 4.69) is 26.5 Å². The summed E-state index contributed by atoms with van der Waals surface area (Å²) in [6.07, 6.45) is 0. The SMILES string of the molecule is Cc1ccc(C(=O)NCC(=O)NNC(=O)[C@@H](C)Nc2nc3ccccc3s2)cc1C. The second-order valence-electron chi connectivity index (χ2n) is 6.87. The highest BCUT2D eigenvalue weighted by atomic mass is 32.1. The number of hydrogen-bond acceptors (Lipinski definition) is 6. The number of hydrazine groups is 1. The fraction of sp³-hybridized carbons (Fsp3) is 0.238. The molecule has 0 spiro atoms.